The Hall–Kier alpha value is -4.39. The molecule has 2 aromatic rings. The number of nitrogens with two attached hydrogens (primary N) is 1. The van der Waals surface area contributed by atoms with E-state index in [0.29, 0.717) is 5.56 Å². The fourth-order valence-corrected chi connectivity index (χ4v) is 3.95. The van der Waals surface area contributed by atoms with E-state index in [4.69, 9.17) is 10.5 Å². The summed E-state index contributed by atoms with van der Waals surface area (Å²) in [6.45, 7) is 8.35. The maximum Gasteiger partial charge on any atom is 0.408 e. The van der Waals surface area contributed by atoms with Gasteiger partial charge in [-0.1, -0.05) is 59.7 Å². The molecule has 4 amide bonds. The van der Waals surface area contributed by atoms with Crippen molar-refractivity contribution in [1.82, 2.24) is 15.5 Å². The van der Waals surface area contributed by atoms with Crippen LogP contribution in [0.5, 0.6) is 0 Å². The Kier molecular flexibility index (Phi) is 10.4. The Morgan fingerprint density at radius 2 is 1.66 bits per heavy atom. The highest BCUT2D eigenvalue weighted by atomic mass is 16.6. The highest BCUT2D eigenvalue weighted by molar-refractivity contribution is 5.94. The lowest BCUT2D eigenvalue weighted by molar-refractivity contribution is -0.142. The second-order valence-corrected chi connectivity index (χ2v) is 10.0. The summed E-state index contributed by atoms with van der Waals surface area (Å²) in [5.41, 5.74) is 7.52. The number of carbonyl (C=O) groups excluding carboxylic acids is 4. The summed E-state index contributed by atoms with van der Waals surface area (Å²) in [5.74, 6) is -2.21. The smallest absolute Gasteiger partial charge is 0.408 e. The Bertz CT molecular complexity index is 1180. The monoisotopic (exact) mass is 521 g/mol. The van der Waals surface area contributed by atoms with Crippen LogP contribution in [0.4, 0.5) is 4.79 Å². The van der Waals surface area contributed by atoms with Crippen molar-refractivity contribution in [2.75, 3.05) is 6.54 Å². The molecule has 0 aliphatic heterocycles. The maximum absolute atomic E-state index is 13.8. The fraction of sp³-hybridized carbons (Fsp3) is 0.393. The number of alkyl carbamates (subject to hydrolysis) is 1. The first-order valence-corrected chi connectivity index (χ1v) is 12.2. The SMILES string of the molecule is Cc1cc(C)cc(C(C(=O)NCc2ccccc2)N(CC#N)C(=O)C(CC(N)=O)NC(=O)OC(C)(C)C)c1. The highest BCUT2D eigenvalue weighted by Gasteiger charge is 2.37. The van der Waals surface area contributed by atoms with E-state index in [1.807, 2.05) is 56.3 Å². The molecule has 0 aromatic heterocycles. The van der Waals surface area contributed by atoms with Gasteiger partial charge in [-0.15, -0.1) is 0 Å². The lowest BCUT2D eigenvalue weighted by atomic mass is 9.98. The molecule has 0 radical (unpaired) electrons. The molecule has 10 heteroatoms. The molecule has 0 spiro atoms. The molecule has 0 aliphatic rings. The van der Waals surface area contributed by atoms with Gasteiger partial charge in [-0.05, 0) is 45.7 Å². The van der Waals surface area contributed by atoms with E-state index >= 15 is 0 Å². The van der Waals surface area contributed by atoms with Crippen molar-refractivity contribution in [1.29, 1.82) is 5.26 Å². The number of carbonyl (C=O) groups is 4. The van der Waals surface area contributed by atoms with Gasteiger partial charge in [-0.2, -0.15) is 5.26 Å². The van der Waals surface area contributed by atoms with Crippen LogP contribution in [0.3, 0.4) is 0 Å². The van der Waals surface area contributed by atoms with Crippen LogP contribution in [-0.4, -0.2) is 46.9 Å². The zero-order valence-corrected chi connectivity index (χ0v) is 22.4. The number of rotatable bonds is 10. The van der Waals surface area contributed by atoms with Gasteiger partial charge in [-0.3, -0.25) is 14.4 Å². The van der Waals surface area contributed by atoms with Crippen molar-refractivity contribution in [3.8, 4) is 6.07 Å². The summed E-state index contributed by atoms with van der Waals surface area (Å²) in [6.07, 6.45) is -1.49. The van der Waals surface area contributed by atoms with Gasteiger partial charge in [-0.25, -0.2) is 4.79 Å². The molecular weight excluding hydrogens is 486 g/mol. The van der Waals surface area contributed by atoms with Crippen molar-refractivity contribution in [3.63, 3.8) is 0 Å². The van der Waals surface area contributed by atoms with Crippen LogP contribution in [0.15, 0.2) is 48.5 Å². The molecule has 0 aliphatic carbocycles. The first-order valence-electron chi connectivity index (χ1n) is 12.2. The number of nitriles is 1. The molecule has 0 saturated carbocycles. The van der Waals surface area contributed by atoms with Crippen molar-refractivity contribution >= 4 is 23.8 Å². The average molecular weight is 522 g/mol. The number of aryl methyl sites for hydroxylation is 2. The van der Waals surface area contributed by atoms with Crippen LogP contribution in [0.1, 0.15) is 55.5 Å². The number of hydrogen-bond acceptors (Lipinski definition) is 6. The van der Waals surface area contributed by atoms with Gasteiger partial charge in [0.05, 0.1) is 12.5 Å². The minimum Gasteiger partial charge on any atom is -0.444 e. The standard InChI is InChI=1S/C28H35N5O5/c1-18-13-19(2)15-21(14-18)24(25(35)31-17-20-9-7-6-8-10-20)33(12-11-29)26(36)22(16-23(30)34)32-27(37)38-28(3,4)5/h6-10,13-15,22,24H,12,16-17H2,1-5H3,(H2,30,34)(H,31,35)(H,32,37). The molecule has 2 rings (SSSR count). The van der Waals surface area contributed by atoms with Crippen LogP contribution >= 0.6 is 0 Å². The predicted molar refractivity (Wildman–Crippen MR) is 141 cm³/mol. The van der Waals surface area contributed by atoms with Gasteiger partial charge < -0.3 is 26.0 Å². The number of hydrogen-bond donors (Lipinski definition) is 3. The summed E-state index contributed by atoms with van der Waals surface area (Å²) < 4.78 is 5.23. The normalized spacial score (nSPS) is 12.4. The average Bonchev–Trinajstić information content (AvgIpc) is 2.80. The third kappa shape index (κ3) is 9.24. The Morgan fingerprint density at radius 1 is 1.05 bits per heavy atom. The fourth-order valence-electron chi connectivity index (χ4n) is 3.95. The van der Waals surface area contributed by atoms with Gasteiger partial charge in [0, 0.05) is 6.54 Å². The van der Waals surface area contributed by atoms with E-state index in [9.17, 15) is 24.4 Å². The second-order valence-electron chi connectivity index (χ2n) is 10.0. The van der Waals surface area contributed by atoms with E-state index in [-0.39, 0.29) is 6.54 Å². The molecule has 2 atom stereocenters. The highest BCUT2D eigenvalue weighted by Crippen LogP contribution is 2.25. The zero-order chi connectivity index (χ0) is 28.5. The summed E-state index contributed by atoms with van der Waals surface area (Å²) in [5, 5.41) is 14.8. The van der Waals surface area contributed by atoms with Crippen LogP contribution in [-0.2, 0) is 25.7 Å². The molecule has 38 heavy (non-hydrogen) atoms. The molecular formula is C28H35N5O5. The van der Waals surface area contributed by atoms with Crippen LogP contribution < -0.4 is 16.4 Å². The molecule has 202 valence electrons. The number of nitrogens with one attached hydrogen (secondary N) is 2. The Balaban J connectivity index is 2.49. The maximum atomic E-state index is 13.8. The van der Waals surface area contributed by atoms with Crippen LogP contribution in [0.25, 0.3) is 0 Å². The minimum atomic E-state index is -1.45. The zero-order valence-electron chi connectivity index (χ0n) is 22.4. The van der Waals surface area contributed by atoms with Gasteiger partial charge >= 0.3 is 6.09 Å². The summed E-state index contributed by atoms with van der Waals surface area (Å²) in [4.78, 5) is 52.6. The van der Waals surface area contributed by atoms with E-state index < -0.39 is 54.5 Å². The largest absolute Gasteiger partial charge is 0.444 e. The molecule has 4 N–H and O–H groups in total. The Labute approximate surface area is 223 Å². The quantitative estimate of drug-likeness (QED) is 0.409. The van der Waals surface area contributed by atoms with E-state index in [1.54, 1.807) is 32.9 Å². The van der Waals surface area contributed by atoms with Gasteiger partial charge in [0.15, 0.2) is 0 Å². The van der Waals surface area contributed by atoms with Gasteiger partial charge in [0.25, 0.3) is 0 Å². The molecule has 0 heterocycles. The van der Waals surface area contributed by atoms with Crippen LogP contribution in [0.2, 0.25) is 0 Å². The van der Waals surface area contributed by atoms with Gasteiger partial charge in [0.1, 0.15) is 24.2 Å². The number of ether oxygens (including phenoxy) is 1. The van der Waals surface area contributed by atoms with E-state index in [2.05, 4.69) is 10.6 Å². The first-order chi connectivity index (χ1) is 17.8. The predicted octanol–water partition coefficient (Wildman–Crippen LogP) is 2.78. The van der Waals surface area contributed by atoms with E-state index in [1.165, 1.54) is 0 Å². The lowest BCUT2D eigenvalue weighted by Gasteiger charge is -2.33. The molecule has 10 nitrogen and oxygen atoms in total. The molecule has 2 unspecified atom stereocenters. The molecule has 0 saturated heterocycles. The molecule has 2 aromatic carbocycles. The summed E-state index contributed by atoms with van der Waals surface area (Å²) >= 11 is 0. The number of amides is 4. The number of nitrogens with zero attached hydrogens (tertiary/aromatic N) is 2. The van der Waals surface area contributed by atoms with Crippen molar-refractivity contribution in [2.45, 2.75) is 65.3 Å². The number of primary amides is 1. The second kappa shape index (κ2) is 13.2. The van der Waals surface area contributed by atoms with Crippen molar-refractivity contribution in [3.05, 3.63) is 70.8 Å². The lowest BCUT2D eigenvalue weighted by Crippen LogP contribution is -2.54. The van der Waals surface area contributed by atoms with Crippen LogP contribution in [0, 0.1) is 25.2 Å². The molecule has 0 fully saturated rings. The number of benzene rings is 2. The summed E-state index contributed by atoms with van der Waals surface area (Å²) in [7, 11) is 0. The third-order valence-electron chi connectivity index (χ3n) is 5.35. The Morgan fingerprint density at radius 3 is 2.18 bits per heavy atom. The minimum absolute atomic E-state index is 0.191. The third-order valence-corrected chi connectivity index (χ3v) is 5.35. The summed E-state index contributed by atoms with van der Waals surface area (Å²) in [6, 6.07) is 13.9. The van der Waals surface area contributed by atoms with Gasteiger partial charge in [0.2, 0.25) is 17.7 Å². The topological polar surface area (TPSA) is 155 Å². The first kappa shape index (κ1) is 29.8. The van der Waals surface area contributed by atoms with Crippen molar-refractivity contribution in [2.24, 2.45) is 5.73 Å². The van der Waals surface area contributed by atoms with E-state index in [0.717, 1.165) is 21.6 Å². The van der Waals surface area contributed by atoms with Crippen molar-refractivity contribution < 1.29 is 23.9 Å². The molecule has 0 bridgehead atoms.